The van der Waals surface area contributed by atoms with Crippen LogP contribution >= 0.6 is 0 Å². The number of ether oxygens (including phenoxy) is 1. The Morgan fingerprint density at radius 1 is 0.963 bits per heavy atom. The van der Waals surface area contributed by atoms with Crippen LogP contribution in [0.25, 0.3) is 0 Å². The average molecular weight is 417 g/mol. The van der Waals surface area contributed by atoms with E-state index < -0.39 is 20.8 Å². The third kappa shape index (κ3) is 7.85. The largest absolute Gasteiger partial charge is 1.00 e. The number of hydrogen-bond acceptors (Lipinski definition) is 4. The monoisotopic (exact) mass is 416 g/mol. The molecule has 5 nitrogen and oxygen atoms in total. The summed E-state index contributed by atoms with van der Waals surface area (Å²) in [6, 6.07) is 11.6. The standard InChI is InChI=1S/C20H26O5S.K/c1-2-3-4-5-6-8-11-16-14-15-18(19(21)20(16)26(22,23)24)25-17-12-9-7-10-13-17;/h7,9-10,12-15,21H,2-6,8,11H2,1H3,(H,22,23,24);/q;+1/p-1. The molecule has 0 aromatic heterocycles. The minimum atomic E-state index is -4.62. The van der Waals surface area contributed by atoms with Gasteiger partial charge in [0.25, 0.3) is 10.1 Å². The SMILES string of the molecule is CCCCCCCCc1ccc(Oc2ccccc2)c([O-])c1S(=O)(=O)O.[K+]. The molecule has 27 heavy (non-hydrogen) atoms. The van der Waals surface area contributed by atoms with Crippen molar-refractivity contribution in [2.24, 2.45) is 0 Å². The van der Waals surface area contributed by atoms with E-state index >= 15 is 0 Å². The Kier molecular flexibility index (Phi) is 11.1. The molecule has 0 radical (unpaired) electrons. The van der Waals surface area contributed by atoms with Gasteiger partial charge in [0.15, 0.2) is 0 Å². The molecule has 0 heterocycles. The average Bonchev–Trinajstić information content (AvgIpc) is 2.60. The fourth-order valence-corrected chi connectivity index (χ4v) is 3.69. The van der Waals surface area contributed by atoms with Crippen molar-refractivity contribution in [2.75, 3.05) is 0 Å². The summed E-state index contributed by atoms with van der Waals surface area (Å²) in [6.07, 6.45) is 6.74. The summed E-state index contributed by atoms with van der Waals surface area (Å²) < 4.78 is 38.5. The van der Waals surface area contributed by atoms with Crippen LogP contribution in [0.4, 0.5) is 0 Å². The van der Waals surface area contributed by atoms with E-state index in [9.17, 15) is 18.1 Å². The maximum Gasteiger partial charge on any atom is 1.00 e. The van der Waals surface area contributed by atoms with Crippen LogP contribution in [0.15, 0.2) is 47.4 Å². The van der Waals surface area contributed by atoms with Gasteiger partial charge in [-0.3, -0.25) is 4.55 Å². The second-order valence-electron chi connectivity index (χ2n) is 6.29. The molecule has 0 unspecified atom stereocenters. The fourth-order valence-electron chi connectivity index (χ4n) is 2.86. The normalized spacial score (nSPS) is 11.0. The van der Waals surface area contributed by atoms with Crippen molar-refractivity contribution in [3.05, 3.63) is 48.0 Å². The minimum absolute atomic E-state index is 0. The van der Waals surface area contributed by atoms with E-state index in [1.54, 1.807) is 36.4 Å². The topological polar surface area (TPSA) is 86.7 Å². The zero-order valence-electron chi connectivity index (χ0n) is 16.0. The Morgan fingerprint density at radius 3 is 2.22 bits per heavy atom. The summed E-state index contributed by atoms with van der Waals surface area (Å²) >= 11 is 0. The van der Waals surface area contributed by atoms with E-state index in [1.807, 2.05) is 0 Å². The Morgan fingerprint density at radius 2 is 1.59 bits per heavy atom. The molecular weight excluding hydrogens is 391 g/mol. The van der Waals surface area contributed by atoms with Gasteiger partial charge in [0.05, 0.1) is 4.90 Å². The van der Waals surface area contributed by atoms with E-state index in [1.165, 1.54) is 12.5 Å². The molecule has 142 valence electrons. The van der Waals surface area contributed by atoms with Gasteiger partial charge in [-0.15, -0.1) is 0 Å². The molecule has 0 spiro atoms. The first-order chi connectivity index (χ1) is 12.4. The van der Waals surface area contributed by atoms with Gasteiger partial charge < -0.3 is 9.84 Å². The van der Waals surface area contributed by atoms with Gasteiger partial charge in [-0.1, -0.05) is 63.3 Å². The smallest absolute Gasteiger partial charge is 0.869 e. The van der Waals surface area contributed by atoms with Crippen LogP contribution in [0.5, 0.6) is 17.2 Å². The van der Waals surface area contributed by atoms with E-state index in [-0.39, 0.29) is 57.1 Å². The maximum absolute atomic E-state index is 12.6. The van der Waals surface area contributed by atoms with Crippen molar-refractivity contribution in [1.29, 1.82) is 0 Å². The van der Waals surface area contributed by atoms with Crippen LogP contribution < -0.4 is 61.2 Å². The van der Waals surface area contributed by atoms with Gasteiger partial charge in [0.1, 0.15) is 11.5 Å². The molecule has 0 atom stereocenters. The Balaban J connectivity index is 0.00000364. The van der Waals surface area contributed by atoms with Gasteiger partial charge >= 0.3 is 51.4 Å². The first kappa shape index (κ1) is 24.6. The van der Waals surface area contributed by atoms with E-state index in [0.717, 1.165) is 32.1 Å². The van der Waals surface area contributed by atoms with E-state index in [4.69, 9.17) is 4.74 Å². The summed E-state index contributed by atoms with van der Waals surface area (Å²) in [5.74, 6) is -0.495. The Bertz CT molecular complexity index is 807. The molecule has 0 saturated heterocycles. The quantitative estimate of drug-likeness (QED) is 0.362. The summed E-state index contributed by atoms with van der Waals surface area (Å²) in [7, 11) is -4.62. The zero-order valence-corrected chi connectivity index (χ0v) is 19.9. The first-order valence-electron chi connectivity index (χ1n) is 8.96. The fraction of sp³-hybridized carbons (Fsp3) is 0.400. The molecule has 0 saturated carbocycles. The maximum atomic E-state index is 12.6. The molecule has 0 amide bonds. The molecule has 0 aliphatic heterocycles. The van der Waals surface area contributed by atoms with Gasteiger partial charge in [-0.05, 0) is 42.4 Å². The Labute approximate surface area is 204 Å². The van der Waals surface area contributed by atoms with Gasteiger partial charge in [0, 0.05) is 0 Å². The Hall–Kier alpha value is -0.414. The third-order valence-electron chi connectivity index (χ3n) is 4.19. The van der Waals surface area contributed by atoms with Crippen molar-refractivity contribution in [3.63, 3.8) is 0 Å². The number of rotatable bonds is 10. The molecular formula is C20H25KO5S. The van der Waals surface area contributed by atoms with Crippen molar-refractivity contribution in [3.8, 4) is 17.2 Å². The van der Waals surface area contributed by atoms with Crippen molar-refractivity contribution < 1.29 is 74.2 Å². The van der Waals surface area contributed by atoms with Crippen LogP contribution in [-0.2, 0) is 16.5 Å². The van der Waals surface area contributed by atoms with E-state index in [2.05, 4.69) is 6.92 Å². The van der Waals surface area contributed by atoms with Crippen LogP contribution in [0.2, 0.25) is 0 Å². The zero-order chi connectivity index (χ0) is 19.0. The molecule has 2 aromatic rings. The summed E-state index contributed by atoms with van der Waals surface area (Å²) in [5, 5.41) is 12.6. The minimum Gasteiger partial charge on any atom is -0.869 e. The number of para-hydroxylation sites is 1. The molecule has 2 aromatic carbocycles. The van der Waals surface area contributed by atoms with Crippen LogP contribution in [-0.4, -0.2) is 13.0 Å². The molecule has 0 bridgehead atoms. The van der Waals surface area contributed by atoms with Crippen molar-refractivity contribution in [1.82, 2.24) is 0 Å². The van der Waals surface area contributed by atoms with Gasteiger partial charge in [0.2, 0.25) is 0 Å². The second kappa shape index (κ2) is 12.2. The summed E-state index contributed by atoms with van der Waals surface area (Å²) in [5.41, 5.74) is 0.341. The third-order valence-corrected chi connectivity index (χ3v) is 5.15. The van der Waals surface area contributed by atoms with Gasteiger partial charge in [-0.2, -0.15) is 8.42 Å². The predicted octanol–water partition coefficient (Wildman–Crippen LogP) is 1.71. The number of unbranched alkanes of at least 4 members (excludes halogenated alkanes) is 5. The van der Waals surface area contributed by atoms with Crippen LogP contribution in [0.3, 0.4) is 0 Å². The number of aryl methyl sites for hydroxylation is 1. The number of benzene rings is 2. The molecule has 7 heteroatoms. The van der Waals surface area contributed by atoms with Crippen LogP contribution in [0, 0.1) is 0 Å². The predicted molar refractivity (Wildman–Crippen MR) is 99.3 cm³/mol. The molecule has 2 rings (SSSR count). The molecule has 0 aliphatic carbocycles. The molecule has 1 N–H and O–H groups in total. The van der Waals surface area contributed by atoms with Crippen molar-refractivity contribution >= 4 is 10.1 Å². The molecule has 0 fully saturated rings. The number of hydrogen-bond donors (Lipinski definition) is 1. The van der Waals surface area contributed by atoms with Crippen molar-refractivity contribution in [2.45, 2.75) is 56.8 Å². The van der Waals surface area contributed by atoms with Crippen LogP contribution in [0.1, 0.15) is 51.0 Å². The first-order valence-corrected chi connectivity index (χ1v) is 10.4. The molecule has 0 aliphatic rings. The summed E-state index contributed by atoms with van der Waals surface area (Å²) in [4.78, 5) is -0.570. The summed E-state index contributed by atoms with van der Waals surface area (Å²) in [6.45, 7) is 2.15. The second-order valence-corrected chi connectivity index (χ2v) is 7.65. The van der Waals surface area contributed by atoms with Gasteiger partial charge in [-0.25, -0.2) is 0 Å². The van der Waals surface area contributed by atoms with E-state index in [0.29, 0.717) is 17.7 Å².